The van der Waals surface area contributed by atoms with Crippen LogP contribution in [0.3, 0.4) is 0 Å². The fourth-order valence-electron chi connectivity index (χ4n) is 4.06. The summed E-state index contributed by atoms with van der Waals surface area (Å²) in [5.41, 5.74) is 3.77. The number of aryl methyl sites for hydroxylation is 3. The predicted molar refractivity (Wildman–Crippen MR) is 122 cm³/mol. The Balaban J connectivity index is 1.64. The summed E-state index contributed by atoms with van der Waals surface area (Å²) in [6.07, 6.45) is 4.38. The Morgan fingerprint density at radius 1 is 1.06 bits per heavy atom. The lowest BCUT2D eigenvalue weighted by molar-refractivity contribution is 0.256. The van der Waals surface area contributed by atoms with Crippen LogP contribution in [0.5, 0.6) is 5.75 Å². The minimum absolute atomic E-state index is 0.207. The highest BCUT2D eigenvalue weighted by Crippen LogP contribution is 2.24. The molecule has 0 unspecified atom stereocenters. The Kier molecular flexibility index (Phi) is 6.21. The fourth-order valence-corrected chi connectivity index (χ4v) is 4.06. The maximum atomic E-state index is 13.4. The van der Waals surface area contributed by atoms with Crippen LogP contribution in [0, 0.1) is 13.8 Å². The van der Waals surface area contributed by atoms with Crippen LogP contribution in [0.25, 0.3) is 0 Å². The van der Waals surface area contributed by atoms with Crippen LogP contribution in [-0.4, -0.2) is 27.9 Å². The second-order valence-corrected chi connectivity index (χ2v) is 8.09. The Morgan fingerprint density at radius 3 is 2.52 bits per heavy atom. The lowest BCUT2D eigenvalue weighted by Gasteiger charge is -2.24. The van der Waals surface area contributed by atoms with Gasteiger partial charge in [0, 0.05) is 24.3 Å². The van der Waals surface area contributed by atoms with Crippen molar-refractivity contribution in [2.75, 3.05) is 17.3 Å². The third-order valence-corrected chi connectivity index (χ3v) is 5.59. The number of carbonyl (C=O) groups is 1. The number of ether oxygens (including phenoxy) is 1. The molecule has 4 rings (SSSR count). The van der Waals surface area contributed by atoms with E-state index in [0.29, 0.717) is 12.2 Å². The number of methoxy groups -OCH3 is 1. The first-order valence-corrected chi connectivity index (χ1v) is 10.8. The summed E-state index contributed by atoms with van der Waals surface area (Å²) in [5.74, 6) is 2.58. The molecular weight excluding hydrogens is 390 g/mol. The molecule has 0 aliphatic carbocycles. The van der Waals surface area contributed by atoms with E-state index in [1.165, 1.54) is 6.42 Å². The van der Waals surface area contributed by atoms with Gasteiger partial charge in [0.2, 0.25) is 0 Å². The minimum Gasteiger partial charge on any atom is -0.497 e. The van der Waals surface area contributed by atoms with Crippen molar-refractivity contribution in [3.63, 3.8) is 0 Å². The maximum Gasteiger partial charge on any atom is 0.326 e. The molecule has 0 saturated heterocycles. The number of nitrogens with zero attached hydrogens (tertiary/aromatic N) is 4. The van der Waals surface area contributed by atoms with Crippen molar-refractivity contribution in [2.45, 2.75) is 52.6 Å². The molecule has 0 saturated carbocycles. The van der Waals surface area contributed by atoms with Gasteiger partial charge in [-0.2, -0.15) is 0 Å². The second kappa shape index (κ2) is 9.20. The quantitative estimate of drug-likeness (QED) is 0.640. The number of fused-ring (bicyclic) bond motifs is 1. The molecule has 2 heterocycles. The van der Waals surface area contributed by atoms with Gasteiger partial charge in [-0.05, 0) is 74.2 Å². The normalized spacial score (nSPS) is 13.3. The van der Waals surface area contributed by atoms with Crippen LogP contribution >= 0.6 is 0 Å². The van der Waals surface area contributed by atoms with Crippen molar-refractivity contribution in [3.8, 4) is 5.75 Å². The summed E-state index contributed by atoms with van der Waals surface area (Å²) in [4.78, 5) is 15.1. The molecule has 0 fully saturated rings. The summed E-state index contributed by atoms with van der Waals surface area (Å²) in [7, 11) is 1.62. The second-order valence-electron chi connectivity index (χ2n) is 8.09. The van der Waals surface area contributed by atoms with E-state index in [9.17, 15) is 4.79 Å². The number of benzene rings is 2. The van der Waals surface area contributed by atoms with Gasteiger partial charge < -0.3 is 14.6 Å². The number of urea groups is 1. The zero-order valence-corrected chi connectivity index (χ0v) is 18.4. The van der Waals surface area contributed by atoms with E-state index in [-0.39, 0.29) is 6.03 Å². The summed E-state index contributed by atoms with van der Waals surface area (Å²) in [6, 6.07) is 13.3. The largest absolute Gasteiger partial charge is 0.497 e. The monoisotopic (exact) mass is 419 g/mol. The number of carbonyl (C=O) groups excluding carboxylic acids is 1. The molecule has 0 bridgehead atoms. The van der Waals surface area contributed by atoms with Gasteiger partial charge >= 0.3 is 6.03 Å². The van der Waals surface area contributed by atoms with Crippen LogP contribution in [0.4, 0.5) is 16.2 Å². The molecule has 7 heteroatoms. The standard InChI is InChI=1S/C24H29N5O2/c1-17-13-18(2)15-20(14-17)29(24(30)25-19-8-10-21(31-3)11-9-19)16-23-27-26-22-7-5-4-6-12-28(22)23/h8-11,13-15H,4-7,12,16H2,1-3H3,(H,25,30). The highest BCUT2D eigenvalue weighted by Gasteiger charge is 2.22. The Hall–Kier alpha value is -3.35. The van der Waals surface area contributed by atoms with Gasteiger partial charge in [-0.3, -0.25) is 4.90 Å². The molecule has 1 aromatic heterocycles. The van der Waals surface area contributed by atoms with Crippen LogP contribution in [-0.2, 0) is 19.5 Å². The molecule has 1 aliphatic heterocycles. The topological polar surface area (TPSA) is 72.3 Å². The Labute approximate surface area is 183 Å². The molecule has 7 nitrogen and oxygen atoms in total. The van der Waals surface area contributed by atoms with Crippen molar-refractivity contribution >= 4 is 17.4 Å². The molecule has 2 aromatic carbocycles. The van der Waals surface area contributed by atoms with Gasteiger partial charge in [-0.1, -0.05) is 12.5 Å². The average molecular weight is 420 g/mol. The minimum atomic E-state index is -0.207. The zero-order chi connectivity index (χ0) is 21.8. The molecule has 162 valence electrons. The van der Waals surface area contributed by atoms with E-state index in [4.69, 9.17) is 4.74 Å². The highest BCUT2D eigenvalue weighted by atomic mass is 16.5. The maximum absolute atomic E-state index is 13.4. The van der Waals surface area contributed by atoms with Crippen molar-refractivity contribution in [3.05, 3.63) is 65.2 Å². The number of amides is 2. The average Bonchev–Trinajstić information content (AvgIpc) is 2.97. The third kappa shape index (κ3) is 4.87. The number of anilines is 2. The highest BCUT2D eigenvalue weighted by molar-refractivity contribution is 6.01. The molecule has 1 aliphatic rings. The molecule has 0 spiro atoms. The number of rotatable bonds is 5. The van der Waals surface area contributed by atoms with Gasteiger partial charge in [0.1, 0.15) is 11.6 Å². The van der Waals surface area contributed by atoms with E-state index in [1.54, 1.807) is 12.0 Å². The molecule has 31 heavy (non-hydrogen) atoms. The van der Waals surface area contributed by atoms with Gasteiger partial charge in [-0.15, -0.1) is 10.2 Å². The van der Waals surface area contributed by atoms with E-state index in [1.807, 2.05) is 50.2 Å². The van der Waals surface area contributed by atoms with Crippen molar-refractivity contribution in [1.29, 1.82) is 0 Å². The molecular formula is C24H29N5O2. The van der Waals surface area contributed by atoms with Crippen molar-refractivity contribution < 1.29 is 9.53 Å². The van der Waals surface area contributed by atoms with Crippen LogP contribution in [0.15, 0.2) is 42.5 Å². The van der Waals surface area contributed by atoms with E-state index in [2.05, 4.69) is 26.1 Å². The van der Waals surface area contributed by atoms with E-state index >= 15 is 0 Å². The molecule has 3 aromatic rings. The van der Waals surface area contributed by atoms with E-state index in [0.717, 1.165) is 60.0 Å². The van der Waals surface area contributed by atoms with Crippen LogP contribution < -0.4 is 15.0 Å². The lowest BCUT2D eigenvalue weighted by atomic mass is 10.1. The summed E-state index contributed by atoms with van der Waals surface area (Å²) < 4.78 is 7.39. The van der Waals surface area contributed by atoms with Crippen molar-refractivity contribution in [1.82, 2.24) is 14.8 Å². The predicted octanol–water partition coefficient (Wildman–Crippen LogP) is 4.87. The molecule has 0 atom stereocenters. The van der Waals surface area contributed by atoms with Gasteiger partial charge in [0.15, 0.2) is 5.82 Å². The summed E-state index contributed by atoms with van der Waals surface area (Å²) >= 11 is 0. The lowest BCUT2D eigenvalue weighted by Crippen LogP contribution is -2.35. The third-order valence-electron chi connectivity index (χ3n) is 5.59. The molecule has 2 amide bonds. The van der Waals surface area contributed by atoms with Crippen molar-refractivity contribution in [2.24, 2.45) is 0 Å². The SMILES string of the molecule is COc1ccc(NC(=O)N(Cc2nnc3n2CCCCC3)c2cc(C)cc(C)c2)cc1. The number of aromatic nitrogens is 3. The fraction of sp³-hybridized carbons (Fsp3) is 0.375. The first-order chi connectivity index (χ1) is 15.0. The Morgan fingerprint density at radius 2 is 1.81 bits per heavy atom. The van der Waals surface area contributed by atoms with Gasteiger partial charge in [0.05, 0.1) is 13.7 Å². The smallest absolute Gasteiger partial charge is 0.326 e. The molecule has 0 radical (unpaired) electrons. The summed E-state index contributed by atoms with van der Waals surface area (Å²) in [5, 5.41) is 11.8. The zero-order valence-electron chi connectivity index (χ0n) is 18.4. The number of nitrogens with one attached hydrogen (secondary N) is 1. The summed E-state index contributed by atoms with van der Waals surface area (Å²) in [6.45, 7) is 5.34. The molecule has 1 N–H and O–H groups in total. The van der Waals surface area contributed by atoms with Crippen LogP contribution in [0.2, 0.25) is 0 Å². The van der Waals surface area contributed by atoms with Gasteiger partial charge in [-0.25, -0.2) is 4.79 Å². The first-order valence-electron chi connectivity index (χ1n) is 10.8. The number of hydrogen-bond acceptors (Lipinski definition) is 4. The first kappa shape index (κ1) is 20.9. The number of hydrogen-bond donors (Lipinski definition) is 1. The van der Waals surface area contributed by atoms with Crippen LogP contribution in [0.1, 0.15) is 42.0 Å². The van der Waals surface area contributed by atoms with Gasteiger partial charge in [0.25, 0.3) is 0 Å². The Bertz CT molecular complexity index is 1040. The van der Waals surface area contributed by atoms with E-state index < -0.39 is 0 Å².